The van der Waals surface area contributed by atoms with Crippen LogP contribution in [0.1, 0.15) is 89.2 Å². The lowest BCUT2D eigenvalue weighted by atomic mass is 9.95. The van der Waals surface area contributed by atoms with Crippen molar-refractivity contribution in [1.29, 1.82) is 0 Å². The molecule has 3 fully saturated rings. The molecule has 3 aliphatic rings. The number of benzene rings is 1. The van der Waals surface area contributed by atoms with Gasteiger partial charge in [-0.1, -0.05) is 51.5 Å². The highest BCUT2D eigenvalue weighted by Gasteiger charge is 2.46. The smallest absolute Gasteiger partial charge is 0.250 e. The van der Waals surface area contributed by atoms with Crippen molar-refractivity contribution in [3.05, 3.63) is 23.8 Å². The van der Waals surface area contributed by atoms with Gasteiger partial charge in [-0.2, -0.15) is 0 Å². The molecule has 4 rings (SSSR count). The predicted octanol–water partition coefficient (Wildman–Crippen LogP) is 4.86. The summed E-state index contributed by atoms with van der Waals surface area (Å²) in [5, 5.41) is 0. The van der Waals surface area contributed by atoms with Crippen LogP contribution in [-0.2, 0) is 9.59 Å². The maximum atomic E-state index is 14.0. The third-order valence-electron chi connectivity index (χ3n) is 7.34. The van der Waals surface area contributed by atoms with Gasteiger partial charge >= 0.3 is 0 Å². The van der Waals surface area contributed by atoms with E-state index in [1.54, 1.807) is 7.11 Å². The van der Waals surface area contributed by atoms with E-state index in [2.05, 4.69) is 6.92 Å². The van der Waals surface area contributed by atoms with Crippen LogP contribution in [0, 0.1) is 0 Å². The van der Waals surface area contributed by atoms with E-state index in [1.165, 1.54) is 12.8 Å². The zero-order valence-electron chi connectivity index (χ0n) is 19.7. The number of hydrogen-bond donors (Lipinski definition) is 0. The molecule has 1 saturated heterocycles. The molecule has 2 aliphatic carbocycles. The number of carbonyl (C=O) groups excluding carboxylic acids is 2. The van der Waals surface area contributed by atoms with Gasteiger partial charge in [0.05, 0.1) is 13.7 Å². The van der Waals surface area contributed by atoms with Crippen LogP contribution in [0.3, 0.4) is 0 Å². The Bertz CT molecular complexity index is 797. The quantitative estimate of drug-likeness (QED) is 0.566. The first-order valence-electron chi connectivity index (χ1n) is 12.6. The third kappa shape index (κ3) is 4.74. The lowest BCUT2D eigenvalue weighted by molar-refractivity contribution is -0.161. The number of rotatable bonds is 7. The maximum Gasteiger partial charge on any atom is 0.250 e. The molecule has 1 aromatic carbocycles. The molecule has 1 aromatic rings. The van der Waals surface area contributed by atoms with Gasteiger partial charge < -0.3 is 19.3 Å². The van der Waals surface area contributed by atoms with Crippen LogP contribution >= 0.6 is 0 Å². The summed E-state index contributed by atoms with van der Waals surface area (Å²) < 4.78 is 11.4. The largest absolute Gasteiger partial charge is 0.493 e. The van der Waals surface area contributed by atoms with Crippen LogP contribution in [0.15, 0.2) is 18.2 Å². The average Bonchev–Trinajstić information content (AvgIpc) is 3.20. The molecule has 0 bridgehead atoms. The Morgan fingerprint density at radius 3 is 2.22 bits per heavy atom. The monoisotopic (exact) mass is 442 g/mol. The van der Waals surface area contributed by atoms with Crippen LogP contribution in [-0.4, -0.2) is 54.0 Å². The second-order valence-electron chi connectivity index (χ2n) is 9.51. The molecule has 1 heterocycles. The van der Waals surface area contributed by atoms with E-state index in [0.29, 0.717) is 18.1 Å². The van der Waals surface area contributed by atoms with Gasteiger partial charge in [0, 0.05) is 12.1 Å². The lowest BCUT2D eigenvalue weighted by Gasteiger charge is -2.46. The molecule has 0 spiro atoms. The van der Waals surface area contributed by atoms with Gasteiger partial charge in [0.1, 0.15) is 12.6 Å². The van der Waals surface area contributed by atoms with Crippen molar-refractivity contribution in [3.8, 4) is 11.5 Å². The molecule has 32 heavy (non-hydrogen) atoms. The van der Waals surface area contributed by atoms with Crippen LogP contribution in [0.4, 0.5) is 0 Å². The Labute approximate surface area is 192 Å². The number of nitrogens with zero attached hydrogens (tertiary/aromatic N) is 2. The average molecular weight is 443 g/mol. The summed E-state index contributed by atoms with van der Waals surface area (Å²) in [6.45, 7) is 2.90. The molecule has 1 unspecified atom stereocenters. The molecule has 1 aliphatic heterocycles. The fourth-order valence-corrected chi connectivity index (χ4v) is 5.69. The molecule has 0 N–H and O–H groups in total. The zero-order valence-corrected chi connectivity index (χ0v) is 19.7. The van der Waals surface area contributed by atoms with Crippen molar-refractivity contribution in [2.45, 2.75) is 95.7 Å². The van der Waals surface area contributed by atoms with Crippen molar-refractivity contribution in [3.63, 3.8) is 0 Å². The number of ether oxygens (including phenoxy) is 2. The lowest BCUT2D eigenvalue weighted by Crippen LogP contribution is -2.60. The van der Waals surface area contributed by atoms with Gasteiger partial charge in [-0.05, 0) is 49.8 Å². The number of carbonyl (C=O) groups is 2. The van der Waals surface area contributed by atoms with Gasteiger partial charge in [-0.25, -0.2) is 0 Å². The standard InChI is InChI=1S/C26H38N2O4/c1-3-16-32-22-15-14-19(17-23(22)31-2)25-26(30)27(20-10-6-4-5-7-11-20)18-24(29)28(25)21-12-8-9-13-21/h14-15,17,20-21,25H,3-13,16,18H2,1-2H3. The van der Waals surface area contributed by atoms with E-state index in [-0.39, 0.29) is 30.4 Å². The molecule has 176 valence electrons. The van der Waals surface area contributed by atoms with Gasteiger partial charge in [-0.3, -0.25) is 9.59 Å². The van der Waals surface area contributed by atoms with Crippen molar-refractivity contribution in [1.82, 2.24) is 9.80 Å². The summed E-state index contributed by atoms with van der Waals surface area (Å²) in [5.74, 6) is 1.47. The molecule has 0 aromatic heterocycles. The van der Waals surface area contributed by atoms with Crippen LogP contribution in [0.25, 0.3) is 0 Å². The van der Waals surface area contributed by atoms with Crippen molar-refractivity contribution in [2.24, 2.45) is 0 Å². The van der Waals surface area contributed by atoms with E-state index in [1.807, 2.05) is 28.0 Å². The van der Waals surface area contributed by atoms with Crippen molar-refractivity contribution < 1.29 is 19.1 Å². The maximum absolute atomic E-state index is 14.0. The second kappa shape index (κ2) is 10.6. The molecule has 1 atom stereocenters. The van der Waals surface area contributed by atoms with E-state index in [0.717, 1.165) is 63.4 Å². The summed E-state index contributed by atoms with van der Waals surface area (Å²) in [4.78, 5) is 31.3. The predicted molar refractivity (Wildman–Crippen MR) is 124 cm³/mol. The summed E-state index contributed by atoms with van der Waals surface area (Å²) in [7, 11) is 1.62. The summed E-state index contributed by atoms with van der Waals surface area (Å²) in [6.07, 6.45) is 11.8. The number of piperazine rings is 1. The van der Waals surface area contributed by atoms with Gasteiger partial charge in [0.15, 0.2) is 11.5 Å². The molecule has 6 nitrogen and oxygen atoms in total. The third-order valence-corrected chi connectivity index (χ3v) is 7.34. The molecule has 0 radical (unpaired) electrons. The molecular weight excluding hydrogens is 404 g/mol. The minimum absolute atomic E-state index is 0.0766. The van der Waals surface area contributed by atoms with Crippen LogP contribution in [0.5, 0.6) is 11.5 Å². The molecule has 6 heteroatoms. The Morgan fingerprint density at radius 1 is 0.906 bits per heavy atom. The first kappa shape index (κ1) is 22.9. The van der Waals surface area contributed by atoms with Crippen molar-refractivity contribution >= 4 is 11.8 Å². The molecular formula is C26H38N2O4. The van der Waals surface area contributed by atoms with E-state index >= 15 is 0 Å². The van der Waals surface area contributed by atoms with E-state index in [9.17, 15) is 9.59 Å². The minimum Gasteiger partial charge on any atom is -0.493 e. The Hall–Kier alpha value is -2.24. The zero-order chi connectivity index (χ0) is 22.5. The summed E-state index contributed by atoms with van der Waals surface area (Å²) in [5.41, 5.74) is 0.828. The van der Waals surface area contributed by atoms with E-state index < -0.39 is 6.04 Å². The summed E-state index contributed by atoms with van der Waals surface area (Å²) >= 11 is 0. The second-order valence-corrected chi connectivity index (χ2v) is 9.51. The minimum atomic E-state index is -0.572. The summed E-state index contributed by atoms with van der Waals surface area (Å²) in [6, 6.07) is 5.49. The van der Waals surface area contributed by atoms with Gasteiger partial charge in [-0.15, -0.1) is 0 Å². The fourth-order valence-electron chi connectivity index (χ4n) is 5.69. The topological polar surface area (TPSA) is 59.1 Å². The normalized spacial score (nSPS) is 23.5. The number of amides is 2. The number of hydrogen-bond acceptors (Lipinski definition) is 4. The van der Waals surface area contributed by atoms with Crippen LogP contribution < -0.4 is 9.47 Å². The fraction of sp³-hybridized carbons (Fsp3) is 0.692. The van der Waals surface area contributed by atoms with Gasteiger partial charge in [0.2, 0.25) is 5.91 Å². The Morgan fingerprint density at radius 2 is 1.56 bits per heavy atom. The Kier molecular flexibility index (Phi) is 7.59. The molecule has 2 amide bonds. The highest BCUT2D eigenvalue weighted by atomic mass is 16.5. The SMILES string of the molecule is CCCOc1ccc(C2C(=O)N(C3CCCCCC3)CC(=O)N2C2CCCC2)cc1OC. The Balaban J connectivity index is 1.68. The van der Waals surface area contributed by atoms with E-state index in [4.69, 9.17) is 9.47 Å². The number of methoxy groups -OCH3 is 1. The van der Waals surface area contributed by atoms with Crippen molar-refractivity contribution in [2.75, 3.05) is 20.3 Å². The van der Waals surface area contributed by atoms with Gasteiger partial charge in [0.25, 0.3) is 5.91 Å². The first-order chi connectivity index (χ1) is 15.6. The highest BCUT2D eigenvalue weighted by Crippen LogP contribution is 2.39. The van der Waals surface area contributed by atoms with Crippen LogP contribution in [0.2, 0.25) is 0 Å². The first-order valence-corrected chi connectivity index (χ1v) is 12.6. The molecule has 2 saturated carbocycles. The highest BCUT2D eigenvalue weighted by molar-refractivity contribution is 5.96.